The molecule has 3 rings (SSSR count). The molecule has 0 bridgehead atoms. The van der Waals surface area contributed by atoms with Gasteiger partial charge in [0.1, 0.15) is 5.82 Å². The van der Waals surface area contributed by atoms with Gasteiger partial charge in [-0.3, -0.25) is 18.7 Å². The van der Waals surface area contributed by atoms with Gasteiger partial charge >= 0.3 is 5.69 Å². The Morgan fingerprint density at radius 1 is 0.963 bits per heavy atom. The quantitative estimate of drug-likeness (QED) is 0.839. The van der Waals surface area contributed by atoms with E-state index >= 15 is 0 Å². The van der Waals surface area contributed by atoms with Crippen LogP contribution in [0.5, 0.6) is 17.2 Å². The number of carbonyl (C=O) groups excluding carboxylic acids is 1. The Labute approximate surface area is 155 Å². The third-order valence-electron chi connectivity index (χ3n) is 4.78. The lowest BCUT2D eigenvalue weighted by atomic mass is 9.86. The molecule has 2 aromatic rings. The minimum atomic E-state index is -0.562. The molecule has 0 spiro atoms. The van der Waals surface area contributed by atoms with Crippen molar-refractivity contribution in [2.75, 3.05) is 26.6 Å². The smallest absolute Gasteiger partial charge is 0.332 e. The van der Waals surface area contributed by atoms with Crippen molar-refractivity contribution in [3.05, 3.63) is 44.1 Å². The predicted octanol–water partition coefficient (Wildman–Crippen LogP) is 0.584. The second-order valence-corrected chi connectivity index (χ2v) is 6.23. The highest BCUT2D eigenvalue weighted by atomic mass is 16.5. The first kappa shape index (κ1) is 18.6. The van der Waals surface area contributed by atoms with Gasteiger partial charge in [-0.25, -0.2) is 4.79 Å². The summed E-state index contributed by atoms with van der Waals surface area (Å²) in [7, 11) is 7.40. The van der Waals surface area contributed by atoms with Crippen LogP contribution in [-0.2, 0) is 18.9 Å². The highest BCUT2D eigenvalue weighted by Crippen LogP contribution is 2.43. The number of carbonyl (C=O) groups is 1. The van der Waals surface area contributed by atoms with E-state index in [1.807, 2.05) is 0 Å². The zero-order valence-corrected chi connectivity index (χ0v) is 15.8. The zero-order valence-electron chi connectivity index (χ0n) is 15.8. The maximum absolute atomic E-state index is 12.8. The number of nitrogens with zero attached hydrogens (tertiary/aromatic N) is 2. The van der Waals surface area contributed by atoms with E-state index in [0.29, 0.717) is 28.4 Å². The van der Waals surface area contributed by atoms with Crippen molar-refractivity contribution in [1.82, 2.24) is 9.13 Å². The monoisotopic (exact) mass is 375 g/mol. The second kappa shape index (κ2) is 6.82. The molecule has 2 heterocycles. The van der Waals surface area contributed by atoms with Gasteiger partial charge in [0.2, 0.25) is 11.7 Å². The fourth-order valence-electron chi connectivity index (χ4n) is 3.39. The largest absolute Gasteiger partial charge is 0.493 e. The lowest BCUT2D eigenvalue weighted by molar-refractivity contribution is -0.116. The molecular weight excluding hydrogens is 354 g/mol. The van der Waals surface area contributed by atoms with Gasteiger partial charge in [0.05, 0.1) is 26.9 Å². The third kappa shape index (κ3) is 2.84. The molecule has 0 saturated carbocycles. The van der Waals surface area contributed by atoms with Crippen LogP contribution in [0.1, 0.15) is 23.5 Å². The zero-order chi connectivity index (χ0) is 19.9. The highest BCUT2D eigenvalue weighted by molar-refractivity contribution is 5.94. The van der Waals surface area contributed by atoms with E-state index in [1.165, 1.54) is 40.0 Å². The molecule has 1 atom stereocenters. The van der Waals surface area contributed by atoms with E-state index in [2.05, 4.69) is 5.32 Å². The van der Waals surface area contributed by atoms with E-state index in [-0.39, 0.29) is 18.1 Å². The molecule has 9 heteroatoms. The predicted molar refractivity (Wildman–Crippen MR) is 98.1 cm³/mol. The summed E-state index contributed by atoms with van der Waals surface area (Å²) < 4.78 is 18.4. The fraction of sp³-hybridized carbons (Fsp3) is 0.389. The van der Waals surface area contributed by atoms with Crippen molar-refractivity contribution < 1.29 is 19.0 Å². The molecular formula is C18H21N3O6. The molecule has 9 nitrogen and oxygen atoms in total. The van der Waals surface area contributed by atoms with Crippen molar-refractivity contribution in [3.8, 4) is 17.2 Å². The van der Waals surface area contributed by atoms with Crippen molar-refractivity contribution in [2.45, 2.75) is 12.3 Å². The summed E-state index contributed by atoms with van der Waals surface area (Å²) in [5.74, 6) is 0.607. The van der Waals surface area contributed by atoms with Gasteiger partial charge in [-0.05, 0) is 17.7 Å². The Kier molecular flexibility index (Phi) is 4.69. The molecule has 0 aliphatic carbocycles. The number of fused-ring (bicyclic) bond motifs is 1. The standard InChI is InChI=1S/C18H21N3O6/c1-20-16-14(17(23)21(2)18(20)24)10(8-13(22)19-16)9-6-11(25-3)15(27-5)12(7-9)26-4/h6-7,10H,8H2,1-5H3,(H,19,22)/t10-/m0/s1. The van der Waals surface area contributed by atoms with Gasteiger partial charge < -0.3 is 19.5 Å². The summed E-state index contributed by atoms with van der Waals surface area (Å²) in [6, 6.07) is 3.41. The number of amides is 1. The molecule has 1 aromatic carbocycles. The fourth-order valence-corrected chi connectivity index (χ4v) is 3.39. The van der Waals surface area contributed by atoms with E-state index < -0.39 is 17.2 Å². The lowest BCUT2D eigenvalue weighted by Gasteiger charge is -2.28. The summed E-state index contributed by atoms with van der Waals surface area (Å²) in [6.45, 7) is 0. The van der Waals surface area contributed by atoms with Crippen LogP contribution in [0.2, 0.25) is 0 Å². The molecule has 0 fully saturated rings. The average Bonchev–Trinajstić information content (AvgIpc) is 2.68. The Morgan fingerprint density at radius 2 is 1.56 bits per heavy atom. The number of hydrogen-bond donors (Lipinski definition) is 1. The first-order chi connectivity index (χ1) is 12.8. The van der Waals surface area contributed by atoms with Gasteiger partial charge in [-0.15, -0.1) is 0 Å². The van der Waals surface area contributed by atoms with E-state index in [0.717, 1.165) is 4.57 Å². The van der Waals surface area contributed by atoms with Crippen LogP contribution in [0.3, 0.4) is 0 Å². The molecule has 27 heavy (non-hydrogen) atoms. The van der Waals surface area contributed by atoms with Crippen molar-refractivity contribution in [3.63, 3.8) is 0 Å². The summed E-state index contributed by atoms with van der Waals surface area (Å²) in [4.78, 5) is 37.3. The van der Waals surface area contributed by atoms with Crippen LogP contribution in [0.25, 0.3) is 0 Å². The molecule has 1 amide bonds. The van der Waals surface area contributed by atoms with Crippen LogP contribution in [0, 0.1) is 0 Å². The van der Waals surface area contributed by atoms with Crippen LogP contribution >= 0.6 is 0 Å². The molecule has 1 aliphatic heterocycles. The lowest BCUT2D eigenvalue weighted by Crippen LogP contribution is -2.44. The first-order valence-electron chi connectivity index (χ1n) is 8.23. The number of ether oxygens (including phenoxy) is 3. The Bertz CT molecular complexity index is 1010. The van der Waals surface area contributed by atoms with Crippen LogP contribution in [0.4, 0.5) is 5.82 Å². The number of rotatable bonds is 4. The minimum Gasteiger partial charge on any atom is -0.493 e. The highest BCUT2D eigenvalue weighted by Gasteiger charge is 2.33. The number of methoxy groups -OCH3 is 3. The minimum absolute atomic E-state index is 0.0546. The molecule has 1 N–H and O–H groups in total. The second-order valence-electron chi connectivity index (χ2n) is 6.23. The average molecular weight is 375 g/mol. The maximum Gasteiger partial charge on any atom is 0.332 e. The summed E-state index contributed by atoms with van der Waals surface area (Å²) in [6.07, 6.45) is 0.0546. The Hall–Kier alpha value is -3.23. The van der Waals surface area contributed by atoms with Gasteiger partial charge in [0.25, 0.3) is 5.56 Å². The van der Waals surface area contributed by atoms with E-state index in [1.54, 1.807) is 12.1 Å². The molecule has 144 valence electrons. The molecule has 1 aliphatic rings. The van der Waals surface area contributed by atoms with E-state index in [9.17, 15) is 14.4 Å². The number of nitrogens with one attached hydrogen (secondary N) is 1. The molecule has 0 saturated heterocycles. The number of aromatic nitrogens is 2. The van der Waals surface area contributed by atoms with Gasteiger partial charge in [0, 0.05) is 26.4 Å². The van der Waals surface area contributed by atoms with Crippen molar-refractivity contribution in [2.24, 2.45) is 14.1 Å². The Balaban J connectivity index is 2.31. The topological polar surface area (TPSA) is 101 Å². The summed E-state index contributed by atoms with van der Waals surface area (Å²) in [5, 5.41) is 2.64. The van der Waals surface area contributed by atoms with Crippen molar-refractivity contribution in [1.29, 1.82) is 0 Å². The van der Waals surface area contributed by atoms with Gasteiger partial charge in [-0.2, -0.15) is 0 Å². The van der Waals surface area contributed by atoms with Crippen LogP contribution in [-0.4, -0.2) is 36.4 Å². The van der Waals surface area contributed by atoms with Crippen LogP contribution in [0.15, 0.2) is 21.7 Å². The third-order valence-corrected chi connectivity index (χ3v) is 4.78. The van der Waals surface area contributed by atoms with Crippen molar-refractivity contribution >= 4 is 11.7 Å². The van der Waals surface area contributed by atoms with Gasteiger partial charge in [0.15, 0.2) is 11.5 Å². The number of hydrogen-bond acceptors (Lipinski definition) is 6. The normalized spacial score (nSPS) is 15.7. The summed E-state index contributed by atoms with van der Waals surface area (Å²) >= 11 is 0. The SMILES string of the molecule is COc1cc([C@@H]2CC(=O)Nc3c2c(=O)n(C)c(=O)n3C)cc(OC)c1OC. The molecule has 1 aromatic heterocycles. The number of anilines is 1. The molecule has 0 radical (unpaired) electrons. The van der Waals surface area contributed by atoms with Gasteiger partial charge in [-0.1, -0.05) is 0 Å². The molecule has 0 unspecified atom stereocenters. The number of benzene rings is 1. The maximum atomic E-state index is 12.8. The Morgan fingerprint density at radius 3 is 2.07 bits per heavy atom. The first-order valence-corrected chi connectivity index (χ1v) is 8.23. The van der Waals surface area contributed by atoms with Crippen LogP contribution < -0.4 is 30.8 Å². The summed E-state index contributed by atoms with van der Waals surface area (Å²) in [5.41, 5.74) is 0.0289. The van der Waals surface area contributed by atoms with E-state index in [4.69, 9.17) is 14.2 Å².